The number of amides is 2. The zero-order valence-electron chi connectivity index (χ0n) is 12.3. The summed E-state index contributed by atoms with van der Waals surface area (Å²) in [6.07, 6.45) is 0. The smallest absolute Gasteiger partial charge is 0.319 e. The Morgan fingerprint density at radius 1 is 1.00 bits per heavy atom. The van der Waals surface area contributed by atoms with E-state index in [2.05, 4.69) is 10.6 Å². The van der Waals surface area contributed by atoms with Gasteiger partial charge in [-0.25, -0.2) is 4.79 Å². The van der Waals surface area contributed by atoms with E-state index in [4.69, 9.17) is 4.74 Å². The van der Waals surface area contributed by atoms with Crippen LogP contribution in [0.15, 0.2) is 48.5 Å². The number of urea groups is 1. The minimum atomic E-state index is -0.218. The highest BCUT2D eigenvalue weighted by Gasteiger charge is 2.06. The van der Waals surface area contributed by atoms with Crippen LogP contribution in [0.2, 0.25) is 0 Å². The number of benzene rings is 2. The number of nitrogens with one attached hydrogen (secondary N) is 2. The van der Waals surface area contributed by atoms with Crippen LogP contribution >= 0.6 is 0 Å². The first-order chi connectivity index (χ1) is 10.2. The van der Waals surface area contributed by atoms with Crippen LogP contribution in [0.4, 0.5) is 10.5 Å². The van der Waals surface area contributed by atoms with Crippen molar-refractivity contribution in [2.75, 3.05) is 18.5 Å². The van der Waals surface area contributed by atoms with Crippen LogP contribution in [-0.4, -0.2) is 19.2 Å². The maximum absolute atomic E-state index is 11.9. The second kappa shape index (κ2) is 7.33. The van der Waals surface area contributed by atoms with Crippen LogP contribution in [0.3, 0.4) is 0 Å². The average Bonchev–Trinajstić information content (AvgIpc) is 2.49. The van der Waals surface area contributed by atoms with Gasteiger partial charge < -0.3 is 15.4 Å². The summed E-state index contributed by atoms with van der Waals surface area (Å²) in [6, 6.07) is 15.2. The molecule has 110 valence electrons. The molecule has 21 heavy (non-hydrogen) atoms. The van der Waals surface area contributed by atoms with Gasteiger partial charge in [-0.3, -0.25) is 0 Å². The molecule has 0 spiro atoms. The van der Waals surface area contributed by atoms with Gasteiger partial charge in [-0.15, -0.1) is 0 Å². The molecule has 2 amide bonds. The van der Waals surface area contributed by atoms with Crippen molar-refractivity contribution in [3.8, 4) is 5.75 Å². The molecule has 2 rings (SSSR count). The number of carbonyl (C=O) groups is 1. The lowest BCUT2D eigenvalue weighted by Crippen LogP contribution is -2.32. The molecule has 0 heterocycles. The number of ether oxygens (including phenoxy) is 1. The molecule has 0 fully saturated rings. The van der Waals surface area contributed by atoms with Crippen molar-refractivity contribution in [2.45, 2.75) is 13.8 Å². The highest BCUT2D eigenvalue weighted by atomic mass is 16.5. The number of rotatable bonds is 5. The number of anilines is 1. The molecule has 0 unspecified atom stereocenters. The predicted octanol–water partition coefficient (Wildman–Crippen LogP) is 3.50. The number of aryl methyl sites for hydroxylation is 2. The van der Waals surface area contributed by atoms with Crippen LogP contribution < -0.4 is 15.4 Å². The molecule has 2 aromatic rings. The normalized spacial score (nSPS) is 10.0. The quantitative estimate of drug-likeness (QED) is 0.826. The van der Waals surface area contributed by atoms with E-state index < -0.39 is 0 Å². The Bertz CT molecular complexity index is 577. The van der Waals surface area contributed by atoms with Crippen molar-refractivity contribution in [1.29, 1.82) is 0 Å². The first-order valence-corrected chi connectivity index (χ1v) is 6.96. The summed E-state index contributed by atoms with van der Waals surface area (Å²) in [5.74, 6) is 0.800. The van der Waals surface area contributed by atoms with Gasteiger partial charge in [-0.05, 0) is 37.1 Å². The molecule has 0 aliphatic heterocycles. The van der Waals surface area contributed by atoms with Crippen LogP contribution in [0.25, 0.3) is 0 Å². The van der Waals surface area contributed by atoms with Crippen LogP contribution in [0, 0.1) is 13.8 Å². The molecule has 0 saturated carbocycles. The minimum Gasteiger partial charge on any atom is -0.492 e. The summed E-state index contributed by atoms with van der Waals surface area (Å²) in [4.78, 5) is 11.9. The lowest BCUT2D eigenvalue weighted by atomic mass is 10.1. The van der Waals surface area contributed by atoms with Crippen molar-refractivity contribution in [3.63, 3.8) is 0 Å². The third kappa shape index (κ3) is 4.53. The number of hydrogen-bond acceptors (Lipinski definition) is 2. The number of para-hydroxylation sites is 2. The monoisotopic (exact) mass is 284 g/mol. The van der Waals surface area contributed by atoms with E-state index in [-0.39, 0.29) is 6.03 Å². The summed E-state index contributed by atoms with van der Waals surface area (Å²) < 4.78 is 5.51. The summed E-state index contributed by atoms with van der Waals surface area (Å²) in [5.41, 5.74) is 2.95. The fourth-order valence-corrected chi connectivity index (χ4v) is 2.02. The van der Waals surface area contributed by atoms with Gasteiger partial charge in [0.15, 0.2) is 0 Å². The minimum absolute atomic E-state index is 0.218. The Labute approximate surface area is 125 Å². The zero-order chi connectivity index (χ0) is 15.1. The molecule has 0 aromatic heterocycles. The summed E-state index contributed by atoms with van der Waals surface area (Å²) >= 11 is 0. The van der Waals surface area contributed by atoms with E-state index in [0.29, 0.717) is 13.2 Å². The van der Waals surface area contributed by atoms with E-state index in [1.165, 1.54) is 0 Å². The van der Waals surface area contributed by atoms with E-state index >= 15 is 0 Å². The van der Waals surface area contributed by atoms with E-state index in [0.717, 1.165) is 22.6 Å². The third-order valence-electron chi connectivity index (χ3n) is 3.12. The van der Waals surface area contributed by atoms with E-state index in [9.17, 15) is 4.79 Å². The first-order valence-electron chi connectivity index (χ1n) is 6.96. The summed E-state index contributed by atoms with van der Waals surface area (Å²) in [6.45, 7) is 4.83. The molecule has 4 heteroatoms. The topological polar surface area (TPSA) is 50.4 Å². The lowest BCUT2D eigenvalue weighted by Gasteiger charge is -2.12. The molecule has 0 bridgehead atoms. The van der Waals surface area contributed by atoms with Gasteiger partial charge in [0.1, 0.15) is 12.4 Å². The van der Waals surface area contributed by atoms with Crippen molar-refractivity contribution in [2.24, 2.45) is 0 Å². The standard InChI is InChI=1S/C17H20N2O2/c1-13-7-6-8-14(2)16(13)19-17(20)18-11-12-21-15-9-4-3-5-10-15/h3-10H,11-12H2,1-2H3,(H2,18,19,20). The molecule has 0 aliphatic carbocycles. The van der Waals surface area contributed by atoms with Crippen LogP contribution in [0.5, 0.6) is 5.75 Å². The summed E-state index contributed by atoms with van der Waals surface area (Å²) in [5, 5.41) is 5.65. The molecule has 0 aliphatic rings. The Kier molecular flexibility index (Phi) is 5.21. The van der Waals surface area contributed by atoms with E-state index in [1.54, 1.807) is 0 Å². The molecular weight excluding hydrogens is 264 g/mol. The summed E-state index contributed by atoms with van der Waals surface area (Å²) in [7, 11) is 0. The Hall–Kier alpha value is -2.49. The highest BCUT2D eigenvalue weighted by Crippen LogP contribution is 2.18. The zero-order valence-corrected chi connectivity index (χ0v) is 12.3. The van der Waals surface area contributed by atoms with Crippen molar-refractivity contribution in [3.05, 3.63) is 59.7 Å². The Morgan fingerprint density at radius 3 is 2.33 bits per heavy atom. The first kappa shape index (κ1) is 14.9. The van der Waals surface area contributed by atoms with E-state index in [1.807, 2.05) is 62.4 Å². The maximum atomic E-state index is 11.9. The molecule has 0 saturated heterocycles. The van der Waals surface area contributed by atoms with Gasteiger partial charge in [0.2, 0.25) is 0 Å². The van der Waals surface area contributed by atoms with Crippen molar-refractivity contribution >= 4 is 11.7 Å². The molecule has 0 atom stereocenters. The fourth-order valence-electron chi connectivity index (χ4n) is 2.02. The fraction of sp³-hybridized carbons (Fsp3) is 0.235. The third-order valence-corrected chi connectivity index (χ3v) is 3.12. The second-order valence-corrected chi connectivity index (χ2v) is 4.81. The Balaban J connectivity index is 1.75. The van der Waals surface area contributed by atoms with Gasteiger partial charge in [0.05, 0.1) is 6.54 Å². The molecule has 0 radical (unpaired) electrons. The lowest BCUT2D eigenvalue weighted by molar-refractivity contribution is 0.247. The molecule has 4 nitrogen and oxygen atoms in total. The van der Waals surface area contributed by atoms with Crippen LogP contribution in [-0.2, 0) is 0 Å². The average molecular weight is 284 g/mol. The van der Waals surface area contributed by atoms with Gasteiger partial charge in [-0.2, -0.15) is 0 Å². The highest BCUT2D eigenvalue weighted by molar-refractivity contribution is 5.90. The maximum Gasteiger partial charge on any atom is 0.319 e. The Morgan fingerprint density at radius 2 is 1.67 bits per heavy atom. The largest absolute Gasteiger partial charge is 0.492 e. The van der Waals surface area contributed by atoms with Gasteiger partial charge in [-0.1, -0.05) is 36.4 Å². The van der Waals surface area contributed by atoms with Crippen LogP contribution in [0.1, 0.15) is 11.1 Å². The van der Waals surface area contributed by atoms with Gasteiger partial charge in [0, 0.05) is 5.69 Å². The van der Waals surface area contributed by atoms with Crippen molar-refractivity contribution < 1.29 is 9.53 Å². The molecule has 2 aromatic carbocycles. The van der Waals surface area contributed by atoms with Gasteiger partial charge >= 0.3 is 6.03 Å². The molecular formula is C17H20N2O2. The number of carbonyl (C=O) groups excluding carboxylic acids is 1. The second-order valence-electron chi connectivity index (χ2n) is 4.81. The van der Waals surface area contributed by atoms with Crippen molar-refractivity contribution in [1.82, 2.24) is 5.32 Å². The molecule has 2 N–H and O–H groups in total. The predicted molar refractivity (Wildman–Crippen MR) is 84.9 cm³/mol. The number of hydrogen-bond donors (Lipinski definition) is 2. The van der Waals surface area contributed by atoms with Gasteiger partial charge in [0.25, 0.3) is 0 Å². The SMILES string of the molecule is Cc1cccc(C)c1NC(=O)NCCOc1ccccc1.